The Labute approximate surface area is 174 Å². The summed E-state index contributed by atoms with van der Waals surface area (Å²) in [6.07, 6.45) is -3.54. The Kier molecular flexibility index (Phi) is 6.14. The highest BCUT2D eigenvalue weighted by Gasteiger charge is 2.35. The summed E-state index contributed by atoms with van der Waals surface area (Å²) in [6, 6.07) is 4.24. The molecule has 1 amide bonds. The molecule has 31 heavy (non-hydrogen) atoms. The van der Waals surface area contributed by atoms with E-state index in [0.29, 0.717) is 19.2 Å². The Balaban J connectivity index is 1.89. The highest BCUT2D eigenvalue weighted by Crippen LogP contribution is 2.35. The Morgan fingerprint density at radius 1 is 1.39 bits per heavy atom. The van der Waals surface area contributed by atoms with Gasteiger partial charge in [-0.1, -0.05) is 0 Å². The van der Waals surface area contributed by atoms with Gasteiger partial charge in [-0.25, -0.2) is 9.37 Å². The molecule has 1 atom stereocenters. The number of hydrogen-bond donors (Lipinski definition) is 2. The van der Waals surface area contributed by atoms with E-state index in [9.17, 15) is 22.4 Å². The lowest BCUT2D eigenvalue weighted by Crippen LogP contribution is -2.29. The minimum absolute atomic E-state index is 0.0229. The molecule has 3 rings (SSSR count). The average Bonchev–Trinajstić information content (AvgIpc) is 3.22. The van der Waals surface area contributed by atoms with Crippen LogP contribution in [0.5, 0.6) is 5.75 Å². The van der Waals surface area contributed by atoms with E-state index in [1.807, 2.05) is 0 Å². The number of amides is 1. The summed E-state index contributed by atoms with van der Waals surface area (Å²) in [7, 11) is 2.57. The number of rotatable bonds is 5. The van der Waals surface area contributed by atoms with Crippen LogP contribution < -0.4 is 15.4 Å². The zero-order valence-corrected chi connectivity index (χ0v) is 16.5. The molecule has 0 radical (unpaired) electrons. The number of methoxy groups -OCH3 is 1. The fourth-order valence-corrected chi connectivity index (χ4v) is 3.16. The number of nitriles is 1. The first kappa shape index (κ1) is 22.1. The van der Waals surface area contributed by atoms with Crippen LogP contribution in [0.1, 0.15) is 22.3 Å². The number of aromatic nitrogens is 2. The van der Waals surface area contributed by atoms with Crippen LogP contribution in [-0.2, 0) is 6.18 Å². The number of benzene rings is 1. The number of alkyl halides is 3. The summed E-state index contributed by atoms with van der Waals surface area (Å²) >= 11 is 0. The number of carbonyl (C=O) groups excluding carboxylic acids is 1. The average molecular weight is 438 g/mol. The monoisotopic (exact) mass is 438 g/mol. The molecular formula is C19H18F4N6O2. The van der Waals surface area contributed by atoms with Crippen molar-refractivity contribution in [2.45, 2.75) is 12.6 Å². The molecule has 0 spiro atoms. The summed E-state index contributed by atoms with van der Waals surface area (Å²) in [6.45, 7) is 0.550. The minimum Gasteiger partial charge on any atom is -0.495 e. The topological polar surface area (TPSA) is 103 Å². The second kappa shape index (κ2) is 8.63. The normalized spacial score (nSPS) is 16.0. The van der Waals surface area contributed by atoms with Crippen LogP contribution in [0.3, 0.4) is 0 Å². The number of carbonyl (C=O) groups is 1. The third-order valence-electron chi connectivity index (χ3n) is 4.76. The molecule has 1 aliphatic heterocycles. The number of likely N-dealkylation sites (tertiary alicyclic amines) is 1. The van der Waals surface area contributed by atoms with E-state index >= 15 is 0 Å². The van der Waals surface area contributed by atoms with Gasteiger partial charge in [0.25, 0.3) is 5.91 Å². The van der Waals surface area contributed by atoms with Crippen LogP contribution in [-0.4, -0.2) is 48.0 Å². The predicted octanol–water partition coefficient (Wildman–Crippen LogP) is 3.41. The van der Waals surface area contributed by atoms with E-state index in [-0.39, 0.29) is 35.4 Å². The maximum atomic E-state index is 14.7. The molecule has 2 aromatic rings. The summed E-state index contributed by atoms with van der Waals surface area (Å²) < 4.78 is 58.9. The molecule has 1 unspecified atom stereocenters. The molecule has 164 valence electrons. The first-order chi connectivity index (χ1) is 14.7. The fraction of sp³-hybridized carbons (Fsp3) is 0.368. The van der Waals surface area contributed by atoms with E-state index in [0.717, 1.165) is 6.07 Å². The zero-order valence-electron chi connectivity index (χ0n) is 16.5. The van der Waals surface area contributed by atoms with Gasteiger partial charge >= 0.3 is 6.18 Å². The highest BCUT2D eigenvalue weighted by atomic mass is 19.4. The van der Waals surface area contributed by atoms with Gasteiger partial charge in [0.1, 0.15) is 22.9 Å². The number of halogens is 4. The van der Waals surface area contributed by atoms with Crippen LogP contribution in [0.4, 0.5) is 35.0 Å². The summed E-state index contributed by atoms with van der Waals surface area (Å²) in [5.41, 5.74) is -1.28. The Morgan fingerprint density at radius 3 is 2.71 bits per heavy atom. The SMILES string of the molecule is CNc1nc(Nc2cc(F)c(C(=O)N3CCC(C#N)C3)cc2OC)ncc1C(F)(F)F. The van der Waals surface area contributed by atoms with Gasteiger partial charge in [-0.15, -0.1) is 0 Å². The van der Waals surface area contributed by atoms with Gasteiger partial charge < -0.3 is 20.3 Å². The van der Waals surface area contributed by atoms with Crippen molar-refractivity contribution >= 4 is 23.4 Å². The first-order valence-electron chi connectivity index (χ1n) is 9.13. The highest BCUT2D eigenvalue weighted by molar-refractivity contribution is 5.96. The van der Waals surface area contributed by atoms with Gasteiger partial charge in [0.05, 0.1) is 30.3 Å². The van der Waals surface area contributed by atoms with Crippen LogP contribution in [0, 0.1) is 23.1 Å². The maximum Gasteiger partial charge on any atom is 0.421 e. The third-order valence-corrected chi connectivity index (χ3v) is 4.76. The minimum atomic E-state index is -4.65. The van der Waals surface area contributed by atoms with Crippen molar-refractivity contribution in [2.75, 3.05) is 37.9 Å². The van der Waals surface area contributed by atoms with Crippen LogP contribution >= 0.6 is 0 Å². The van der Waals surface area contributed by atoms with Crippen molar-refractivity contribution in [1.29, 1.82) is 5.26 Å². The maximum absolute atomic E-state index is 14.7. The molecule has 0 aliphatic carbocycles. The van der Waals surface area contributed by atoms with Crippen molar-refractivity contribution in [3.63, 3.8) is 0 Å². The lowest BCUT2D eigenvalue weighted by Gasteiger charge is -2.18. The summed E-state index contributed by atoms with van der Waals surface area (Å²) in [5, 5.41) is 13.9. The molecule has 1 aliphatic rings. The van der Waals surface area contributed by atoms with Crippen molar-refractivity contribution in [1.82, 2.24) is 14.9 Å². The Bertz CT molecular complexity index is 1040. The quantitative estimate of drug-likeness (QED) is 0.690. The van der Waals surface area contributed by atoms with Gasteiger partial charge in [-0.2, -0.15) is 23.4 Å². The fourth-order valence-electron chi connectivity index (χ4n) is 3.16. The van der Waals surface area contributed by atoms with Gasteiger partial charge in [0.15, 0.2) is 0 Å². The molecule has 2 heterocycles. The van der Waals surface area contributed by atoms with Crippen molar-refractivity contribution in [3.8, 4) is 11.8 Å². The van der Waals surface area contributed by atoms with Crippen molar-refractivity contribution in [3.05, 3.63) is 35.3 Å². The molecule has 1 aromatic heterocycles. The number of hydrogen-bond acceptors (Lipinski definition) is 7. The molecule has 12 heteroatoms. The number of anilines is 3. The van der Waals surface area contributed by atoms with Crippen LogP contribution in [0.25, 0.3) is 0 Å². The van der Waals surface area contributed by atoms with E-state index in [2.05, 4.69) is 26.7 Å². The summed E-state index contributed by atoms with van der Waals surface area (Å²) in [5.74, 6) is -2.37. The number of ether oxygens (including phenoxy) is 1. The number of nitrogens with one attached hydrogen (secondary N) is 2. The number of nitrogens with zero attached hydrogens (tertiary/aromatic N) is 4. The Morgan fingerprint density at radius 2 is 2.13 bits per heavy atom. The van der Waals surface area contributed by atoms with Gasteiger partial charge in [-0.3, -0.25) is 4.79 Å². The lowest BCUT2D eigenvalue weighted by molar-refractivity contribution is -0.137. The van der Waals surface area contributed by atoms with E-state index < -0.39 is 29.3 Å². The van der Waals surface area contributed by atoms with E-state index in [1.165, 1.54) is 25.1 Å². The second-order valence-corrected chi connectivity index (χ2v) is 6.73. The van der Waals surface area contributed by atoms with E-state index in [4.69, 9.17) is 10.00 Å². The van der Waals surface area contributed by atoms with Crippen LogP contribution in [0.15, 0.2) is 18.3 Å². The van der Waals surface area contributed by atoms with E-state index in [1.54, 1.807) is 0 Å². The van der Waals surface area contributed by atoms with Crippen LogP contribution in [0.2, 0.25) is 0 Å². The molecule has 0 saturated carbocycles. The van der Waals surface area contributed by atoms with Gasteiger partial charge in [-0.05, 0) is 12.5 Å². The lowest BCUT2D eigenvalue weighted by atomic mass is 10.1. The molecule has 1 fully saturated rings. The molecule has 0 bridgehead atoms. The molecule has 1 saturated heterocycles. The first-order valence-corrected chi connectivity index (χ1v) is 9.13. The molecule has 8 nitrogen and oxygen atoms in total. The molecule has 1 aromatic carbocycles. The molecular weight excluding hydrogens is 420 g/mol. The third kappa shape index (κ3) is 4.60. The summed E-state index contributed by atoms with van der Waals surface area (Å²) in [4.78, 5) is 21.4. The smallest absolute Gasteiger partial charge is 0.421 e. The molecule has 2 N–H and O–H groups in total. The van der Waals surface area contributed by atoms with Gasteiger partial charge in [0, 0.05) is 32.4 Å². The van der Waals surface area contributed by atoms with Crippen molar-refractivity contribution in [2.24, 2.45) is 5.92 Å². The standard InChI is InChI=1S/C19H18F4N6O2/c1-25-16-12(19(21,22)23)8-26-18(28-16)27-14-6-13(20)11(5-15(14)31-2)17(30)29-4-3-10(7-24)9-29/h5-6,8,10H,3-4,9H2,1-2H3,(H2,25,26,27,28). The Hall–Kier alpha value is -3.62. The largest absolute Gasteiger partial charge is 0.495 e. The zero-order chi connectivity index (χ0) is 22.8. The van der Waals surface area contributed by atoms with Crippen molar-refractivity contribution < 1.29 is 27.1 Å². The van der Waals surface area contributed by atoms with Gasteiger partial charge in [0.2, 0.25) is 5.95 Å². The predicted molar refractivity (Wildman–Crippen MR) is 102 cm³/mol. The second-order valence-electron chi connectivity index (χ2n) is 6.73.